The topological polar surface area (TPSA) is 12.0 Å². The Morgan fingerprint density at radius 2 is 2.50 bits per heavy atom. The zero-order chi connectivity index (χ0) is 8.81. The minimum absolute atomic E-state index is 0.528. The predicted octanol–water partition coefficient (Wildman–Crippen LogP) is 2.44. The van der Waals surface area contributed by atoms with Gasteiger partial charge in [0.05, 0.1) is 0 Å². The van der Waals surface area contributed by atoms with Crippen molar-refractivity contribution in [2.75, 3.05) is 12.3 Å². The lowest BCUT2D eigenvalue weighted by atomic mass is 10.1. The van der Waals surface area contributed by atoms with Gasteiger partial charge >= 0.3 is 0 Å². The van der Waals surface area contributed by atoms with E-state index in [2.05, 4.69) is 36.7 Å². The van der Waals surface area contributed by atoms with Crippen LogP contribution in [0.25, 0.3) is 0 Å². The molecule has 2 heteroatoms. The number of thioether (sulfide) groups is 1. The third kappa shape index (κ3) is 2.83. The van der Waals surface area contributed by atoms with E-state index in [1.54, 1.807) is 0 Å². The van der Waals surface area contributed by atoms with Gasteiger partial charge in [-0.1, -0.05) is 19.4 Å². The number of hydrogen-bond acceptors (Lipinski definition) is 2. The monoisotopic (exact) mass is 185 g/mol. The maximum Gasteiger partial charge on any atom is 0.0367 e. The van der Waals surface area contributed by atoms with Gasteiger partial charge in [-0.05, 0) is 25.1 Å². The molecule has 12 heavy (non-hydrogen) atoms. The lowest BCUT2D eigenvalue weighted by Crippen LogP contribution is -2.37. The minimum atomic E-state index is 0.528. The van der Waals surface area contributed by atoms with Crippen LogP contribution in [0.2, 0.25) is 0 Å². The highest BCUT2D eigenvalue weighted by atomic mass is 32.2. The Bertz CT molecular complexity index is 130. The Morgan fingerprint density at radius 3 is 3.00 bits per heavy atom. The fourth-order valence-corrected chi connectivity index (χ4v) is 3.07. The second kappa shape index (κ2) is 5.65. The van der Waals surface area contributed by atoms with Crippen molar-refractivity contribution in [3.8, 4) is 0 Å². The third-order valence-corrected chi connectivity index (χ3v) is 3.79. The normalized spacial score (nSPS) is 26.6. The lowest BCUT2D eigenvalue weighted by molar-refractivity contribution is 0.540. The molecular formula is C10H19NS. The largest absolute Gasteiger partial charge is 0.310 e. The molecule has 0 bridgehead atoms. The van der Waals surface area contributed by atoms with Crippen LogP contribution in [-0.4, -0.2) is 23.6 Å². The molecule has 0 aliphatic carbocycles. The highest BCUT2D eigenvalue weighted by Gasteiger charge is 2.20. The number of likely N-dealkylation sites (N-methyl/N-ethyl adjacent to an activating group) is 1. The number of nitrogens with one attached hydrogen (secondary N) is 1. The fourth-order valence-electron chi connectivity index (χ4n) is 1.65. The van der Waals surface area contributed by atoms with E-state index >= 15 is 0 Å². The van der Waals surface area contributed by atoms with E-state index in [1.807, 2.05) is 0 Å². The molecule has 0 aromatic heterocycles. The van der Waals surface area contributed by atoms with Gasteiger partial charge in [0.15, 0.2) is 0 Å². The van der Waals surface area contributed by atoms with Crippen molar-refractivity contribution in [2.24, 2.45) is 0 Å². The van der Waals surface area contributed by atoms with Crippen molar-refractivity contribution >= 4 is 11.8 Å². The second-order valence-electron chi connectivity index (χ2n) is 3.22. The molecule has 1 saturated heterocycles. The average Bonchev–Trinajstić information content (AvgIpc) is 2.15. The van der Waals surface area contributed by atoms with Crippen LogP contribution in [0.1, 0.15) is 26.2 Å². The Kier molecular flexibility index (Phi) is 4.77. The first-order chi connectivity index (χ1) is 5.88. The first-order valence-electron chi connectivity index (χ1n) is 4.86. The molecule has 1 nitrogen and oxygen atoms in total. The highest BCUT2D eigenvalue weighted by molar-refractivity contribution is 8.00. The van der Waals surface area contributed by atoms with Crippen molar-refractivity contribution in [3.63, 3.8) is 0 Å². The second-order valence-corrected chi connectivity index (χ2v) is 4.57. The molecule has 2 unspecified atom stereocenters. The summed E-state index contributed by atoms with van der Waals surface area (Å²) in [6, 6.07) is 0.528. The summed E-state index contributed by atoms with van der Waals surface area (Å²) in [6.07, 6.45) is 6.21. The van der Waals surface area contributed by atoms with Crippen LogP contribution in [-0.2, 0) is 0 Å². The SMILES string of the molecule is C=CC(NCC)C1CCCCS1. The van der Waals surface area contributed by atoms with Crippen LogP contribution in [0.5, 0.6) is 0 Å². The van der Waals surface area contributed by atoms with Crippen molar-refractivity contribution in [2.45, 2.75) is 37.5 Å². The van der Waals surface area contributed by atoms with Gasteiger partial charge in [-0.15, -0.1) is 6.58 Å². The smallest absolute Gasteiger partial charge is 0.0367 e. The van der Waals surface area contributed by atoms with Gasteiger partial charge in [0.25, 0.3) is 0 Å². The van der Waals surface area contributed by atoms with E-state index < -0.39 is 0 Å². The summed E-state index contributed by atoms with van der Waals surface area (Å²) in [5.41, 5.74) is 0. The third-order valence-electron chi connectivity index (χ3n) is 2.31. The van der Waals surface area contributed by atoms with Crippen molar-refractivity contribution in [3.05, 3.63) is 12.7 Å². The minimum Gasteiger partial charge on any atom is -0.310 e. The summed E-state index contributed by atoms with van der Waals surface area (Å²) in [6.45, 7) is 7.09. The van der Waals surface area contributed by atoms with Crippen molar-refractivity contribution in [1.82, 2.24) is 5.32 Å². The first-order valence-corrected chi connectivity index (χ1v) is 5.91. The first kappa shape index (κ1) is 10.1. The molecular weight excluding hydrogens is 166 g/mol. The number of rotatable bonds is 4. The van der Waals surface area contributed by atoms with Crippen LogP contribution in [0.4, 0.5) is 0 Å². The molecule has 1 rings (SSSR count). The molecule has 1 aliphatic rings. The zero-order valence-corrected chi connectivity index (χ0v) is 8.70. The van der Waals surface area contributed by atoms with Gasteiger partial charge in [0, 0.05) is 11.3 Å². The molecule has 1 heterocycles. The highest BCUT2D eigenvalue weighted by Crippen LogP contribution is 2.27. The van der Waals surface area contributed by atoms with Gasteiger partial charge in [-0.2, -0.15) is 11.8 Å². The maximum atomic E-state index is 3.88. The molecule has 70 valence electrons. The maximum absolute atomic E-state index is 3.88. The number of hydrogen-bond donors (Lipinski definition) is 1. The molecule has 1 fully saturated rings. The predicted molar refractivity (Wildman–Crippen MR) is 57.8 cm³/mol. The molecule has 1 N–H and O–H groups in total. The summed E-state index contributed by atoms with van der Waals surface area (Å²) in [7, 11) is 0. The molecule has 0 saturated carbocycles. The lowest BCUT2D eigenvalue weighted by Gasteiger charge is -2.28. The Hall–Kier alpha value is 0.0500. The molecule has 2 atom stereocenters. The Labute approximate surface area is 80.0 Å². The average molecular weight is 185 g/mol. The molecule has 0 spiro atoms. The van der Waals surface area contributed by atoms with E-state index in [1.165, 1.54) is 25.0 Å². The van der Waals surface area contributed by atoms with Gasteiger partial charge in [-0.25, -0.2) is 0 Å². The molecule has 0 aromatic carbocycles. The van der Waals surface area contributed by atoms with Gasteiger partial charge < -0.3 is 5.32 Å². The van der Waals surface area contributed by atoms with E-state index in [0.29, 0.717) is 6.04 Å². The van der Waals surface area contributed by atoms with Gasteiger partial charge in [-0.3, -0.25) is 0 Å². The Morgan fingerprint density at radius 1 is 1.67 bits per heavy atom. The van der Waals surface area contributed by atoms with Crippen LogP contribution < -0.4 is 5.32 Å². The van der Waals surface area contributed by atoms with E-state index in [9.17, 15) is 0 Å². The van der Waals surface area contributed by atoms with E-state index in [4.69, 9.17) is 0 Å². The molecule has 0 amide bonds. The van der Waals surface area contributed by atoms with Crippen LogP contribution in [0, 0.1) is 0 Å². The van der Waals surface area contributed by atoms with E-state index in [-0.39, 0.29) is 0 Å². The molecule has 0 aromatic rings. The summed E-state index contributed by atoms with van der Waals surface area (Å²) < 4.78 is 0. The van der Waals surface area contributed by atoms with Crippen LogP contribution in [0.3, 0.4) is 0 Å². The molecule has 1 aliphatic heterocycles. The summed E-state index contributed by atoms with van der Waals surface area (Å²) >= 11 is 2.10. The van der Waals surface area contributed by atoms with Gasteiger partial charge in [0.2, 0.25) is 0 Å². The molecule has 0 radical (unpaired) electrons. The van der Waals surface area contributed by atoms with Crippen LogP contribution in [0.15, 0.2) is 12.7 Å². The summed E-state index contributed by atoms with van der Waals surface area (Å²) in [5.74, 6) is 1.33. The fraction of sp³-hybridized carbons (Fsp3) is 0.800. The van der Waals surface area contributed by atoms with E-state index in [0.717, 1.165) is 11.8 Å². The summed E-state index contributed by atoms with van der Waals surface area (Å²) in [4.78, 5) is 0. The van der Waals surface area contributed by atoms with Crippen molar-refractivity contribution < 1.29 is 0 Å². The summed E-state index contributed by atoms with van der Waals surface area (Å²) in [5, 5.41) is 4.24. The quantitative estimate of drug-likeness (QED) is 0.675. The van der Waals surface area contributed by atoms with Crippen LogP contribution >= 0.6 is 11.8 Å². The zero-order valence-electron chi connectivity index (χ0n) is 7.88. The van der Waals surface area contributed by atoms with Crippen molar-refractivity contribution in [1.29, 1.82) is 0 Å². The standard InChI is InChI=1S/C10H19NS/c1-3-9(11-4-2)10-7-5-6-8-12-10/h3,9-11H,1,4-8H2,2H3. The Balaban J connectivity index is 2.34. The van der Waals surface area contributed by atoms with Gasteiger partial charge in [0.1, 0.15) is 0 Å².